The van der Waals surface area contributed by atoms with E-state index in [4.69, 9.17) is 18.9 Å². The van der Waals surface area contributed by atoms with Crippen molar-refractivity contribution in [3.63, 3.8) is 0 Å². The Morgan fingerprint density at radius 2 is 1.71 bits per heavy atom. The van der Waals surface area contributed by atoms with Gasteiger partial charge in [-0.25, -0.2) is 0 Å². The lowest BCUT2D eigenvalue weighted by Crippen LogP contribution is -2.36. The highest BCUT2D eigenvalue weighted by Crippen LogP contribution is 2.29. The quantitative estimate of drug-likeness (QED) is 0.763. The van der Waals surface area contributed by atoms with Crippen LogP contribution < -0.4 is 14.2 Å². The van der Waals surface area contributed by atoms with Gasteiger partial charge in [-0.2, -0.15) is 9.97 Å². The Morgan fingerprint density at radius 3 is 2.29 bits per heavy atom. The molecule has 1 heterocycles. The fourth-order valence-corrected chi connectivity index (χ4v) is 2.44. The van der Waals surface area contributed by atoms with Gasteiger partial charge in [-0.1, -0.05) is 6.42 Å². The molecule has 0 bridgehead atoms. The molecule has 116 valence electrons. The van der Waals surface area contributed by atoms with Crippen LogP contribution in [0.4, 0.5) is 0 Å². The molecule has 0 saturated heterocycles. The molecule has 1 fully saturated rings. The third-order valence-corrected chi connectivity index (χ3v) is 3.54. The Bertz CT molecular complexity index is 472. The molecular weight excluding hydrogens is 276 g/mol. The maximum Gasteiger partial charge on any atom is 0.323 e. The number of carbonyl (C=O) groups is 1. The Morgan fingerprint density at radius 1 is 1.10 bits per heavy atom. The second kappa shape index (κ2) is 7.10. The van der Waals surface area contributed by atoms with E-state index in [0.717, 1.165) is 25.7 Å². The molecule has 0 aromatic carbocycles. The van der Waals surface area contributed by atoms with Crippen LogP contribution in [0.3, 0.4) is 0 Å². The summed E-state index contributed by atoms with van der Waals surface area (Å²) in [6.07, 6.45) is 3.21. The van der Waals surface area contributed by atoms with Gasteiger partial charge in [0.1, 0.15) is 6.10 Å². The van der Waals surface area contributed by atoms with E-state index < -0.39 is 0 Å². The number of aromatic nitrogens is 2. The molecule has 0 N–H and O–H groups in total. The second-order valence-corrected chi connectivity index (χ2v) is 4.81. The molecule has 0 aliphatic heterocycles. The van der Waals surface area contributed by atoms with Crippen LogP contribution in [0.15, 0.2) is 6.07 Å². The van der Waals surface area contributed by atoms with Crippen molar-refractivity contribution in [1.29, 1.82) is 0 Å². The first-order valence-electron chi connectivity index (χ1n) is 6.89. The lowest BCUT2D eigenvalue weighted by atomic mass is 9.86. The van der Waals surface area contributed by atoms with Crippen LogP contribution in [0.1, 0.15) is 25.7 Å². The van der Waals surface area contributed by atoms with Crippen LogP contribution in [0.2, 0.25) is 0 Å². The number of hydrogen-bond acceptors (Lipinski definition) is 7. The molecule has 2 atom stereocenters. The monoisotopic (exact) mass is 296 g/mol. The maximum absolute atomic E-state index is 11.8. The van der Waals surface area contributed by atoms with Gasteiger partial charge in [-0.15, -0.1) is 0 Å². The fraction of sp³-hybridized carbons (Fsp3) is 0.643. The molecule has 0 spiro atoms. The molecule has 7 heteroatoms. The van der Waals surface area contributed by atoms with E-state index in [1.165, 1.54) is 21.3 Å². The zero-order valence-corrected chi connectivity index (χ0v) is 12.5. The average molecular weight is 296 g/mol. The molecule has 1 aromatic heterocycles. The van der Waals surface area contributed by atoms with Crippen molar-refractivity contribution in [3.8, 4) is 17.8 Å². The van der Waals surface area contributed by atoms with Gasteiger partial charge < -0.3 is 18.9 Å². The number of nitrogens with zero attached hydrogens (tertiary/aromatic N) is 2. The number of rotatable bonds is 5. The predicted octanol–water partition coefficient (Wildman–Crippen LogP) is 1.60. The number of esters is 1. The summed E-state index contributed by atoms with van der Waals surface area (Å²) in [7, 11) is 4.39. The van der Waals surface area contributed by atoms with Crippen molar-refractivity contribution in [2.45, 2.75) is 31.8 Å². The van der Waals surface area contributed by atoms with Gasteiger partial charge >= 0.3 is 12.0 Å². The standard InChI is InChI=1S/C14H20N2O5/c1-18-11-8-12(19-2)16-14(15-11)21-10-7-5-4-6-9(10)13(17)20-3/h8-10H,4-7H2,1-3H3/t9-,10-/m0/s1. The Kier molecular flexibility index (Phi) is 5.19. The van der Waals surface area contributed by atoms with E-state index in [1.54, 1.807) is 6.07 Å². The molecule has 1 aliphatic rings. The SMILES string of the molecule is COC(=O)[C@H]1CCCC[C@@H]1Oc1nc(OC)cc(OC)n1. The first-order chi connectivity index (χ1) is 10.2. The van der Waals surface area contributed by atoms with Crippen molar-refractivity contribution in [2.75, 3.05) is 21.3 Å². The van der Waals surface area contributed by atoms with Crippen molar-refractivity contribution in [1.82, 2.24) is 9.97 Å². The highest BCUT2D eigenvalue weighted by Gasteiger charge is 2.34. The third-order valence-electron chi connectivity index (χ3n) is 3.54. The molecule has 0 amide bonds. The average Bonchev–Trinajstić information content (AvgIpc) is 2.54. The third kappa shape index (κ3) is 3.74. The molecule has 0 radical (unpaired) electrons. The van der Waals surface area contributed by atoms with Gasteiger partial charge in [-0.05, 0) is 19.3 Å². The van der Waals surface area contributed by atoms with Crippen LogP contribution >= 0.6 is 0 Å². The second-order valence-electron chi connectivity index (χ2n) is 4.81. The first kappa shape index (κ1) is 15.3. The van der Waals surface area contributed by atoms with E-state index in [9.17, 15) is 4.79 Å². The number of hydrogen-bond donors (Lipinski definition) is 0. The minimum Gasteiger partial charge on any atom is -0.481 e. The van der Waals surface area contributed by atoms with Crippen LogP contribution in [-0.2, 0) is 9.53 Å². The maximum atomic E-state index is 11.8. The van der Waals surface area contributed by atoms with Crippen LogP contribution in [0, 0.1) is 5.92 Å². The summed E-state index contributed by atoms with van der Waals surface area (Å²) in [5.41, 5.74) is 0. The number of ether oxygens (including phenoxy) is 4. The summed E-state index contributed by atoms with van der Waals surface area (Å²) < 4.78 is 20.8. The van der Waals surface area contributed by atoms with Crippen LogP contribution in [-0.4, -0.2) is 43.4 Å². The molecule has 1 aromatic rings. The van der Waals surface area contributed by atoms with Gasteiger partial charge in [0.05, 0.1) is 33.3 Å². The van der Waals surface area contributed by atoms with Gasteiger partial charge in [0.2, 0.25) is 11.8 Å². The number of carbonyl (C=O) groups excluding carboxylic acids is 1. The van der Waals surface area contributed by atoms with Crippen molar-refractivity contribution >= 4 is 5.97 Å². The lowest BCUT2D eigenvalue weighted by molar-refractivity contribution is -0.150. The molecule has 2 rings (SSSR count). The van der Waals surface area contributed by atoms with Crippen molar-refractivity contribution in [2.24, 2.45) is 5.92 Å². The summed E-state index contributed by atoms with van der Waals surface area (Å²) in [6.45, 7) is 0. The highest BCUT2D eigenvalue weighted by molar-refractivity contribution is 5.73. The topological polar surface area (TPSA) is 79.8 Å². The predicted molar refractivity (Wildman–Crippen MR) is 73.5 cm³/mol. The summed E-state index contributed by atoms with van der Waals surface area (Å²) in [5, 5.41) is 0. The summed E-state index contributed by atoms with van der Waals surface area (Å²) >= 11 is 0. The van der Waals surface area contributed by atoms with E-state index in [2.05, 4.69) is 9.97 Å². The molecule has 1 aliphatic carbocycles. The molecule has 0 unspecified atom stereocenters. The van der Waals surface area contributed by atoms with Gasteiger partial charge in [-0.3, -0.25) is 4.79 Å². The van der Waals surface area contributed by atoms with Crippen molar-refractivity contribution < 1.29 is 23.7 Å². The minimum atomic E-state index is -0.289. The van der Waals surface area contributed by atoms with Crippen LogP contribution in [0.25, 0.3) is 0 Å². The molecule has 21 heavy (non-hydrogen) atoms. The number of methoxy groups -OCH3 is 3. The van der Waals surface area contributed by atoms with E-state index in [-0.39, 0.29) is 24.0 Å². The van der Waals surface area contributed by atoms with Gasteiger partial charge in [0, 0.05) is 0 Å². The van der Waals surface area contributed by atoms with Crippen molar-refractivity contribution in [3.05, 3.63) is 6.07 Å². The summed E-state index contributed by atoms with van der Waals surface area (Å²) in [6, 6.07) is 1.71. The summed E-state index contributed by atoms with van der Waals surface area (Å²) in [5.74, 6) is 0.156. The van der Waals surface area contributed by atoms with E-state index in [1.807, 2.05) is 0 Å². The smallest absolute Gasteiger partial charge is 0.323 e. The molecule has 7 nitrogen and oxygen atoms in total. The van der Waals surface area contributed by atoms with E-state index in [0.29, 0.717) is 11.8 Å². The first-order valence-corrected chi connectivity index (χ1v) is 6.89. The minimum absolute atomic E-state index is 0.145. The zero-order chi connectivity index (χ0) is 15.2. The highest BCUT2D eigenvalue weighted by atomic mass is 16.5. The Labute approximate surface area is 123 Å². The Hall–Kier alpha value is -2.05. The molecular formula is C14H20N2O5. The van der Waals surface area contributed by atoms with E-state index >= 15 is 0 Å². The molecule has 1 saturated carbocycles. The van der Waals surface area contributed by atoms with Crippen LogP contribution in [0.5, 0.6) is 17.8 Å². The van der Waals surface area contributed by atoms with Gasteiger partial charge in [0.25, 0.3) is 0 Å². The van der Waals surface area contributed by atoms with Gasteiger partial charge in [0.15, 0.2) is 0 Å². The summed E-state index contributed by atoms with van der Waals surface area (Å²) in [4.78, 5) is 20.1. The lowest BCUT2D eigenvalue weighted by Gasteiger charge is -2.29. The fourth-order valence-electron chi connectivity index (χ4n) is 2.44. The normalized spacial score (nSPS) is 21.5. The zero-order valence-electron chi connectivity index (χ0n) is 12.5. The largest absolute Gasteiger partial charge is 0.481 e. The Balaban J connectivity index is 2.16.